The Morgan fingerprint density at radius 1 is 1.29 bits per heavy atom. The monoisotopic (exact) mass is 283 g/mol. The number of nitrogens with one attached hydrogen (secondary N) is 1. The van der Waals surface area contributed by atoms with Gasteiger partial charge in [-0.25, -0.2) is 0 Å². The van der Waals surface area contributed by atoms with E-state index in [1.807, 2.05) is 43.3 Å². The third kappa shape index (κ3) is 3.81. The van der Waals surface area contributed by atoms with Crippen LogP contribution in [0.3, 0.4) is 0 Å². The molecule has 1 heterocycles. The standard InChI is InChI=1S/C17H21N3O/c1-4-18-14-8-9-16(13(2)11-14)17(21)20(3)12-15-7-5-6-10-19-15/h5-11,18H,4,12H2,1-3H3. The molecule has 0 unspecified atom stereocenters. The summed E-state index contributed by atoms with van der Waals surface area (Å²) in [5, 5.41) is 3.25. The van der Waals surface area contributed by atoms with Crippen LogP contribution in [0, 0.1) is 6.92 Å². The molecule has 1 amide bonds. The van der Waals surface area contributed by atoms with Crippen LogP contribution in [-0.2, 0) is 6.54 Å². The molecule has 1 N–H and O–H groups in total. The molecule has 2 rings (SSSR count). The van der Waals surface area contributed by atoms with Gasteiger partial charge in [-0.1, -0.05) is 6.07 Å². The van der Waals surface area contributed by atoms with Crippen molar-refractivity contribution in [2.45, 2.75) is 20.4 Å². The zero-order valence-corrected chi connectivity index (χ0v) is 12.8. The number of benzene rings is 1. The van der Waals surface area contributed by atoms with E-state index in [0.717, 1.165) is 29.1 Å². The molecule has 0 spiro atoms. The molecule has 1 aromatic heterocycles. The van der Waals surface area contributed by atoms with E-state index in [0.29, 0.717) is 6.54 Å². The Morgan fingerprint density at radius 3 is 2.71 bits per heavy atom. The first-order chi connectivity index (χ1) is 10.1. The SMILES string of the molecule is CCNc1ccc(C(=O)N(C)Cc2ccccn2)c(C)c1. The largest absolute Gasteiger partial charge is 0.385 e. The van der Waals surface area contributed by atoms with Gasteiger partial charge in [-0.2, -0.15) is 0 Å². The van der Waals surface area contributed by atoms with Crippen LogP contribution >= 0.6 is 0 Å². The average Bonchev–Trinajstić information content (AvgIpc) is 2.48. The fourth-order valence-electron chi connectivity index (χ4n) is 2.23. The summed E-state index contributed by atoms with van der Waals surface area (Å²) in [7, 11) is 1.80. The van der Waals surface area contributed by atoms with E-state index in [-0.39, 0.29) is 5.91 Å². The summed E-state index contributed by atoms with van der Waals surface area (Å²) < 4.78 is 0. The maximum absolute atomic E-state index is 12.5. The predicted molar refractivity (Wildman–Crippen MR) is 85.4 cm³/mol. The molecule has 0 radical (unpaired) electrons. The molecule has 0 bridgehead atoms. The summed E-state index contributed by atoms with van der Waals surface area (Å²) >= 11 is 0. The zero-order valence-electron chi connectivity index (χ0n) is 12.8. The Morgan fingerprint density at radius 2 is 2.10 bits per heavy atom. The van der Waals surface area contributed by atoms with Crippen LogP contribution in [0.15, 0.2) is 42.6 Å². The molecule has 4 nitrogen and oxygen atoms in total. The van der Waals surface area contributed by atoms with Crippen molar-refractivity contribution >= 4 is 11.6 Å². The van der Waals surface area contributed by atoms with Gasteiger partial charge in [0.2, 0.25) is 0 Å². The Hall–Kier alpha value is -2.36. The van der Waals surface area contributed by atoms with Gasteiger partial charge in [0.1, 0.15) is 0 Å². The number of anilines is 1. The first kappa shape index (κ1) is 15.0. The van der Waals surface area contributed by atoms with Gasteiger partial charge in [0, 0.05) is 31.0 Å². The van der Waals surface area contributed by atoms with Crippen LogP contribution < -0.4 is 5.32 Å². The Balaban J connectivity index is 2.12. The van der Waals surface area contributed by atoms with Gasteiger partial charge in [-0.3, -0.25) is 9.78 Å². The van der Waals surface area contributed by atoms with E-state index in [9.17, 15) is 4.79 Å². The molecular formula is C17H21N3O. The molecule has 0 aliphatic carbocycles. The minimum atomic E-state index is 0.0150. The first-order valence-electron chi connectivity index (χ1n) is 7.11. The number of hydrogen-bond donors (Lipinski definition) is 1. The lowest BCUT2D eigenvalue weighted by Gasteiger charge is -2.18. The Bertz CT molecular complexity index is 611. The lowest BCUT2D eigenvalue weighted by molar-refractivity contribution is 0.0782. The quantitative estimate of drug-likeness (QED) is 0.917. The smallest absolute Gasteiger partial charge is 0.254 e. The topological polar surface area (TPSA) is 45.2 Å². The minimum absolute atomic E-state index is 0.0150. The zero-order chi connectivity index (χ0) is 15.2. The van der Waals surface area contributed by atoms with Gasteiger partial charge in [-0.05, 0) is 49.7 Å². The van der Waals surface area contributed by atoms with Gasteiger partial charge < -0.3 is 10.2 Å². The lowest BCUT2D eigenvalue weighted by atomic mass is 10.1. The Kier molecular flexibility index (Phi) is 4.93. The van der Waals surface area contributed by atoms with Crippen LogP contribution in [0.2, 0.25) is 0 Å². The van der Waals surface area contributed by atoms with Crippen molar-refractivity contribution in [1.82, 2.24) is 9.88 Å². The van der Waals surface area contributed by atoms with Crippen LogP contribution in [0.25, 0.3) is 0 Å². The maximum atomic E-state index is 12.5. The van der Waals surface area contributed by atoms with Gasteiger partial charge in [0.15, 0.2) is 0 Å². The van der Waals surface area contributed by atoms with E-state index >= 15 is 0 Å². The average molecular weight is 283 g/mol. The molecule has 1 aromatic carbocycles. The summed E-state index contributed by atoms with van der Waals surface area (Å²) in [5.74, 6) is 0.0150. The van der Waals surface area contributed by atoms with Gasteiger partial charge in [0.05, 0.1) is 12.2 Å². The summed E-state index contributed by atoms with van der Waals surface area (Å²) in [4.78, 5) is 18.5. The molecule has 2 aromatic rings. The van der Waals surface area contributed by atoms with E-state index < -0.39 is 0 Å². The summed E-state index contributed by atoms with van der Waals surface area (Å²) in [5.41, 5.74) is 3.63. The predicted octanol–water partition coefficient (Wildman–Crippen LogP) is 3.09. The number of pyridine rings is 1. The second-order valence-corrected chi connectivity index (χ2v) is 5.04. The summed E-state index contributed by atoms with van der Waals surface area (Å²) in [6, 6.07) is 11.5. The molecule has 0 atom stereocenters. The van der Waals surface area contributed by atoms with E-state index in [1.165, 1.54) is 0 Å². The van der Waals surface area contributed by atoms with E-state index in [2.05, 4.69) is 17.2 Å². The number of carbonyl (C=O) groups excluding carboxylic acids is 1. The number of aromatic nitrogens is 1. The molecular weight excluding hydrogens is 262 g/mol. The van der Waals surface area contributed by atoms with Gasteiger partial charge in [-0.15, -0.1) is 0 Å². The van der Waals surface area contributed by atoms with Crippen LogP contribution in [-0.4, -0.2) is 29.4 Å². The third-order valence-corrected chi connectivity index (χ3v) is 3.31. The van der Waals surface area contributed by atoms with Gasteiger partial charge >= 0.3 is 0 Å². The fourth-order valence-corrected chi connectivity index (χ4v) is 2.23. The molecule has 0 aliphatic rings. The van der Waals surface area contributed by atoms with Crippen molar-refractivity contribution in [3.05, 3.63) is 59.4 Å². The minimum Gasteiger partial charge on any atom is -0.385 e. The highest BCUT2D eigenvalue weighted by Crippen LogP contribution is 2.17. The molecule has 0 saturated carbocycles. The summed E-state index contributed by atoms with van der Waals surface area (Å²) in [6.07, 6.45) is 1.74. The fraction of sp³-hybridized carbons (Fsp3) is 0.294. The molecule has 4 heteroatoms. The first-order valence-corrected chi connectivity index (χ1v) is 7.11. The van der Waals surface area contributed by atoms with Crippen LogP contribution in [0.5, 0.6) is 0 Å². The number of nitrogens with zero attached hydrogens (tertiary/aromatic N) is 2. The van der Waals surface area contributed by atoms with Crippen molar-refractivity contribution in [2.24, 2.45) is 0 Å². The van der Waals surface area contributed by atoms with Crippen LogP contribution in [0.1, 0.15) is 28.5 Å². The molecule has 0 saturated heterocycles. The highest BCUT2D eigenvalue weighted by Gasteiger charge is 2.15. The highest BCUT2D eigenvalue weighted by atomic mass is 16.2. The second kappa shape index (κ2) is 6.88. The highest BCUT2D eigenvalue weighted by molar-refractivity contribution is 5.95. The lowest BCUT2D eigenvalue weighted by Crippen LogP contribution is -2.27. The van der Waals surface area contributed by atoms with Gasteiger partial charge in [0.25, 0.3) is 5.91 Å². The second-order valence-electron chi connectivity index (χ2n) is 5.04. The molecule has 0 fully saturated rings. The normalized spacial score (nSPS) is 10.2. The number of hydrogen-bond acceptors (Lipinski definition) is 3. The molecule has 110 valence electrons. The maximum Gasteiger partial charge on any atom is 0.254 e. The third-order valence-electron chi connectivity index (χ3n) is 3.31. The van der Waals surface area contributed by atoms with Crippen LogP contribution in [0.4, 0.5) is 5.69 Å². The number of carbonyl (C=O) groups is 1. The van der Waals surface area contributed by atoms with E-state index in [4.69, 9.17) is 0 Å². The Labute approximate surface area is 125 Å². The van der Waals surface area contributed by atoms with Crippen molar-refractivity contribution in [3.8, 4) is 0 Å². The van der Waals surface area contributed by atoms with Crippen molar-refractivity contribution in [3.63, 3.8) is 0 Å². The number of aryl methyl sites for hydroxylation is 1. The van der Waals surface area contributed by atoms with Crippen molar-refractivity contribution in [1.29, 1.82) is 0 Å². The summed E-state index contributed by atoms with van der Waals surface area (Å²) in [6.45, 7) is 5.39. The molecule has 0 aliphatic heterocycles. The van der Waals surface area contributed by atoms with Crippen molar-refractivity contribution in [2.75, 3.05) is 18.9 Å². The number of rotatable bonds is 5. The molecule has 21 heavy (non-hydrogen) atoms. The van der Waals surface area contributed by atoms with Crippen molar-refractivity contribution < 1.29 is 4.79 Å². The number of amides is 1. The van der Waals surface area contributed by atoms with E-state index in [1.54, 1.807) is 18.1 Å².